The van der Waals surface area contributed by atoms with Gasteiger partial charge in [-0.1, -0.05) is 17.7 Å². The fraction of sp³-hybridized carbons (Fsp3) is 0.385. The summed E-state index contributed by atoms with van der Waals surface area (Å²) in [5.74, 6) is -1.68. The maximum absolute atomic E-state index is 9.39. The van der Waals surface area contributed by atoms with Gasteiger partial charge < -0.3 is 25.5 Å². The van der Waals surface area contributed by atoms with E-state index < -0.39 is 11.9 Å². The third kappa shape index (κ3) is 11.0. The Morgan fingerprint density at radius 1 is 0.950 bits per heavy atom. The van der Waals surface area contributed by atoms with E-state index in [1.54, 1.807) is 12.1 Å². The van der Waals surface area contributed by atoms with Crippen molar-refractivity contribution in [2.24, 2.45) is 0 Å². The molecular formula is C13H20O7. The van der Waals surface area contributed by atoms with Crippen LogP contribution in [0.15, 0.2) is 12.1 Å². The number of benzene rings is 1. The molecule has 1 aromatic carbocycles. The van der Waals surface area contributed by atoms with Crippen molar-refractivity contribution in [2.45, 2.75) is 34.0 Å². The number of phenols is 1. The minimum atomic E-state index is -0.833. The molecule has 0 aliphatic carbocycles. The number of rotatable bonds is 2. The molecule has 114 valence electrons. The van der Waals surface area contributed by atoms with Gasteiger partial charge in [0.25, 0.3) is 11.9 Å². The Balaban J connectivity index is 0. The number of aliphatic hydroxyl groups is 2. The smallest absolute Gasteiger partial charge is 0.300 e. The highest BCUT2D eigenvalue weighted by Crippen LogP contribution is 2.24. The van der Waals surface area contributed by atoms with E-state index in [9.17, 15) is 5.11 Å². The van der Waals surface area contributed by atoms with Crippen LogP contribution >= 0.6 is 0 Å². The van der Waals surface area contributed by atoms with Crippen molar-refractivity contribution in [1.82, 2.24) is 0 Å². The number of carboxylic acids is 2. The topological polar surface area (TPSA) is 135 Å². The Bertz CT molecular complexity index is 395. The van der Waals surface area contributed by atoms with Crippen LogP contribution < -0.4 is 0 Å². The van der Waals surface area contributed by atoms with Crippen LogP contribution in [0, 0.1) is 6.92 Å². The molecule has 7 heteroatoms. The Morgan fingerprint density at radius 3 is 1.40 bits per heavy atom. The molecule has 1 aromatic rings. The molecule has 0 aliphatic heterocycles. The van der Waals surface area contributed by atoms with Gasteiger partial charge in [-0.2, -0.15) is 0 Å². The second kappa shape index (κ2) is 10.8. The molecule has 7 nitrogen and oxygen atoms in total. The van der Waals surface area contributed by atoms with Gasteiger partial charge in [-0.15, -0.1) is 0 Å². The summed E-state index contributed by atoms with van der Waals surface area (Å²) in [7, 11) is 0. The summed E-state index contributed by atoms with van der Waals surface area (Å²) in [6, 6.07) is 3.38. The molecule has 1 rings (SSSR count). The zero-order valence-electron chi connectivity index (χ0n) is 11.6. The van der Waals surface area contributed by atoms with Gasteiger partial charge in [0.1, 0.15) is 5.75 Å². The van der Waals surface area contributed by atoms with E-state index in [0.29, 0.717) is 11.1 Å². The van der Waals surface area contributed by atoms with Crippen molar-refractivity contribution in [3.05, 3.63) is 28.8 Å². The van der Waals surface area contributed by atoms with E-state index in [1.165, 1.54) is 0 Å². The van der Waals surface area contributed by atoms with Gasteiger partial charge in [0.2, 0.25) is 0 Å². The summed E-state index contributed by atoms with van der Waals surface area (Å²) in [5, 5.41) is 41.9. The molecule has 0 aliphatic rings. The van der Waals surface area contributed by atoms with Crippen molar-refractivity contribution in [3.8, 4) is 5.75 Å². The average Bonchev–Trinajstić information content (AvgIpc) is 2.30. The number of aliphatic hydroxyl groups excluding tert-OH is 2. The van der Waals surface area contributed by atoms with E-state index in [4.69, 9.17) is 30.0 Å². The van der Waals surface area contributed by atoms with E-state index in [-0.39, 0.29) is 19.0 Å². The van der Waals surface area contributed by atoms with Crippen molar-refractivity contribution < 1.29 is 35.1 Å². The van der Waals surface area contributed by atoms with Crippen LogP contribution in [-0.4, -0.2) is 37.5 Å². The van der Waals surface area contributed by atoms with E-state index in [0.717, 1.165) is 19.4 Å². The second-order valence-corrected chi connectivity index (χ2v) is 3.79. The Kier molecular flexibility index (Phi) is 10.9. The summed E-state index contributed by atoms with van der Waals surface area (Å²) < 4.78 is 0. The van der Waals surface area contributed by atoms with Gasteiger partial charge in [-0.05, 0) is 6.92 Å². The van der Waals surface area contributed by atoms with Crippen molar-refractivity contribution in [1.29, 1.82) is 0 Å². The van der Waals surface area contributed by atoms with Crippen LogP contribution in [-0.2, 0) is 22.8 Å². The minimum Gasteiger partial charge on any atom is -0.507 e. The molecule has 0 amide bonds. The van der Waals surface area contributed by atoms with Crippen LogP contribution in [0.1, 0.15) is 30.5 Å². The number of carboxylic acid groups (broad SMARTS) is 2. The lowest BCUT2D eigenvalue weighted by Crippen LogP contribution is -1.92. The van der Waals surface area contributed by atoms with Crippen molar-refractivity contribution >= 4 is 11.9 Å². The van der Waals surface area contributed by atoms with Gasteiger partial charge in [-0.3, -0.25) is 9.59 Å². The fourth-order valence-electron chi connectivity index (χ4n) is 1.18. The molecule has 0 radical (unpaired) electrons. The maximum atomic E-state index is 9.39. The third-order valence-corrected chi connectivity index (χ3v) is 1.75. The Hall–Kier alpha value is -2.12. The number of aliphatic carboxylic acids is 2. The number of hydrogen-bond donors (Lipinski definition) is 5. The first kappa shape index (κ1) is 20.2. The average molecular weight is 288 g/mol. The van der Waals surface area contributed by atoms with Crippen molar-refractivity contribution in [3.63, 3.8) is 0 Å². The lowest BCUT2D eigenvalue weighted by molar-refractivity contribution is -0.135. The minimum absolute atomic E-state index is 0.00870. The Morgan fingerprint density at radius 2 is 1.20 bits per heavy atom. The molecule has 20 heavy (non-hydrogen) atoms. The van der Waals surface area contributed by atoms with E-state index in [1.807, 2.05) is 6.92 Å². The number of aryl methyl sites for hydroxylation is 1. The highest BCUT2D eigenvalue weighted by molar-refractivity contribution is 5.63. The molecule has 0 saturated heterocycles. The molecule has 0 heterocycles. The molecule has 0 atom stereocenters. The molecular weight excluding hydrogens is 268 g/mol. The monoisotopic (exact) mass is 288 g/mol. The largest absolute Gasteiger partial charge is 0.507 e. The van der Waals surface area contributed by atoms with Gasteiger partial charge in [0.05, 0.1) is 13.2 Å². The summed E-state index contributed by atoms with van der Waals surface area (Å²) in [4.78, 5) is 18.0. The van der Waals surface area contributed by atoms with Gasteiger partial charge >= 0.3 is 0 Å². The predicted molar refractivity (Wildman–Crippen MR) is 71.3 cm³/mol. The lowest BCUT2D eigenvalue weighted by atomic mass is 10.1. The summed E-state index contributed by atoms with van der Waals surface area (Å²) >= 11 is 0. The zero-order chi connectivity index (χ0) is 16.3. The Labute approximate surface area is 116 Å². The van der Waals surface area contributed by atoms with Crippen LogP contribution in [0.25, 0.3) is 0 Å². The fourth-order valence-corrected chi connectivity index (χ4v) is 1.18. The normalized spacial score (nSPS) is 8.65. The van der Waals surface area contributed by atoms with E-state index in [2.05, 4.69) is 0 Å². The third-order valence-electron chi connectivity index (χ3n) is 1.75. The molecule has 0 unspecified atom stereocenters. The first-order valence-corrected chi connectivity index (χ1v) is 5.57. The van der Waals surface area contributed by atoms with Gasteiger partial charge in [-0.25, -0.2) is 0 Å². The molecule has 0 saturated carbocycles. The molecule has 0 spiro atoms. The predicted octanol–water partition coefficient (Wildman–Crippen LogP) is 0.867. The first-order chi connectivity index (χ1) is 9.15. The highest BCUT2D eigenvalue weighted by atomic mass is 16.4. The quantitative estimate of drug-likeness (QED) is 0.544. The van der Waals surface area contributed by atoms with E-state index >= 15 is 0 Å². The number of hydrogen-bond acceptors (Lipinski definition) is 5. The highest BCUT2D eigenvalue weighted by Gasteiger charge is 2.06. The standard InChI is InChI=1S/C9H12O3.2C2H4O2/c1-6-2-7(4-10)9(12)8(3-6)5-11;2*1-2(3)4/h2-3,10-12H,4-5H2,1H3;2*1H3,(H,3,4). The molecule has 0 aromatic heterocycles. The summed E-state index contributed by atoms with van der Waals surface area (Å²) in [5.41, 5.74) is 1.83. The van der Waals surface area contributed by atoms with Crippen LogP contribution in [0.4, 0.5) is 0 Å². The zero-order valence-corrected chi connectivity index (χ0v) is 11.6. The van der Waals surface area contributed by atoms with Crippen molar-refractivity contribution in [2.75, 3.05) is 0 Å². The lowest BCUT2D eigenvalue weighted by Gasteiger charge is -2.07. The number of carbonyl (C=O) groups is 2. The first-order valence-electron chi connectivity index (χ1n) is 5.57. The summed E-state index contributed by atoms with van der Waals surface area (Å²) in [6.45, 7) is 3.60. The SMILES string of the molecule is CC(=O)O.CC(=O)O.Cc1cc(CO)c(O)c(CO)c1. The van der Waals surface area contributed by atoms with Gasteiger partial charge in [0, 0.05) is 25.0 Å². The summed E-state index contributed by atoms with van der Waals surface area (Å²) in [6.07, 6.45) is 0. The van der Waals surface area contributed by atoms with Gasteiger partial charge in [0.15, 0.2) is 0 Å². The van der Waals surface area contributed by atoms with Crippen LogP contribution in [0.3, 0.4) is 0 Å². The maximum Gasteiger partial charge on any atom is 0.300 e. The molecule has 0 fully saturated rings. The van der Waals surface area contributed by atoms with Crippen LogP contribution in [0.5, 0.6) is 5.75 Å². The molecule has 5 N–H and O–H groups in total. The van der Waals surface area contributed by atoms with Crippen LogP contribution in [0.2, 0.25) is 0 Å². The number of aromatic hydroxyl groups is 1. The molecule has 0 bridgehead atoms. The second-order valence-electron chi connectivity index (χ2n) is 3.79.